The van der Waals surface area contributed by atoms with Crippen LogP contribution < -0.4 is 10.6 Å². The number of amides is 1. The third-order valence-corrected chi connectivity index (χ3v) is 13.3. The van der Waals surface area contributed by atoms with Crippen LogP contribution in [-0.4, -0.2) is 65.8 Å². The third kappa shape index (κ3) is 11.4. The van der Waals surface area contributed by atoms with Crippen LogP contribution in [0.5, 0.6) is 0 Å². The topological polar surface area (TPSA) is 220 Å². The van der Waals surface area contributed by atoms with E-state index in [2.05, 4.69) is 56.8 Å². The molecule has 2 unspecified atom stereocenters. The fourth-order valence-corrected chi connectivity index (χ4v) is 9.55. The van der Waals surface area contributed by atoms with E-state index in [1.807, 2.05) is 86.8 Å². The van der Waals surface area contributed by atoms with E-state index >= 15 is 0 Å². The van der Waals surface area contributed by atoms with Gasteiger partial charge in [0, 0.05) is 55.1 Å². The number of aromatic nitrogens is 4. The zero-order chi connectivity index (χ0) is 50.7. The highest BCUT2D eigenvalue weighted by atomic mass is 16.6. The first-order valence-corrected chi connectivity index (χ1v) is 23.6. The molecule has 0 saturated heterocycles. The van der Waals surface area contributed by atoms with Crippen molar-refractivity contribution >= 4 is 67.8 Å². The van der Waals surface area contributed by atoms with Crippen LogP contribution in [0.1, 0.15) is 121 Å². The number of carbonyl (C=O) groups is 2. The number of anilines is 2. The molecule has 4 aromatic carbocycles. The Morgan fingerprint density at radius 1 is 0.629 bits per heavy atom. The molecule has 0 aliphatic heterocycles. The van der Waals surface area contributed by atoms with Crippen LogP contribution in [0, 0.1) is 73.6 Å². The second kappa shape index (κ2) is 20.9. The van der Waals surface area contributed by atoms with Crippen LogP contribution in [0.25, 0.3) is 33.0 Å². The molecule has 364 valence electrons. The number of nitrogens with zero attached hydrogens (tertiary/aromatic N) is 7. The first kappa shape index (κ1) is 50.3. The number of allylic oxidation sites excluding steroid dienone is 4. The number of benzene rings is 4. The van der Waals surface area contributed by atoms with Crippen molar-refractivity contribution in [2.75, 3.05) is 24.7 Å². The van der Waals surface area contributed by atoms with E-state index in [9.17, 15) is 34.9 Å². The van der Waals surface area contributed by atoms with Gasteiger partial charge in [-0.25, -0.2) is 19.9 Å². The highest BCUT2D eigenvalue weighted by Crippen LogP contribution is 2.38. The van der Waals surface area contributed by atoms with Crippen LogP contribution in [0.15, 0.2) is 72.8 Å². The van der Waals surface area contributed by atoms with E-state index in [0.717, 1.165) is 91.1 Å². The van der Waals surface area contributed by atoms with Gasteiger partial charge in [-0.05, 0) is 174 Å². The van der Waals surface area contributed by atoms with Crippen molar-refractivity contribution in [1.82, 2.24) is 24.8 Å². The summed E-state index contributed by atoms with van der Waals surface area (Å²) in [6, 6.07) is 18.1. The van der Waals surface area contributed by atoms with Crippen molar-refractivity contribution < 1.29 is 24.5 Å². The molecule has 0 radical (unpaired) electrons. The number of fused-ring (bicyclic) bond motifs is 2. The van der Waals surface area contributed by atoms with Gasteiger partial charge in [0.05, 0.1) is 38.9 Å². The van der Waals surface area contributed by atoms with Gasteiger partial charge in [0.25, 0.3) is 11.4 Å². The number of nitro benzene ring substituents is 2. The van der Waals surface area contributed by atoms with Gasteiger partial charge in [0.15, 0.2) is 0 Å². The number of aliphatic carboxylic acids is 1. The second-order valence-electron chi connectivity index (χ2n) is 19.0. The zero-order valence-corrected chi connectivity index (χ0v) is 41.5. The Bertz CT molecular complexity index is 3130. The molecule has 2 heterocycles. The van der Waals surface area contributed by atoms with Crippen LogP contribution >= 0.6 is 0 Å². The second-order valence-corrected chi connectivity index (χ2v) is 19.0. The summed E-state index contributed by atoms with van der Waals surface area (Å²) in [6.45, 7) is 15.5. The largest absolute Gasteiger partial charge is 0.481 e. The number of nitrogens with one attached hydrogen (secondary N) is 2. The van der Waals surface area contributed by atoms with Gasteiger partial charge in [-0.3, -0.25) is 29.8 Å². The lowest BCUT2D eigenvalue weighted by atomic mass is 9.84. The summed E-state index contributed by atoms with van der Waals surface area (Å²) >= 11 is 0. The van der Waals surface area contributed by atoms with Gasteiger partial charge < -0.3 is 20.6 Å². The van der Waals surface area contributed by atoms with Gasteiger partial charge >= 0.3 is 5.97 Å². The van der Waals surface area contributed by atoms with Gasteiger partial charge in [0.1, 0.15) is 23.3 Å². The minimum Gasteiger partial charge on any atom is -0.481 e. The maximum absolute atomic E-state index is 12.4. The molecule has 2 aliphatic carbocycles. The summed E-state index contributed by atoms with van der Waals surface area (Å²) in [5.41, 5.74) is 11.9. The molecule has 3 N–H and O–H groups in total. The van der Waals surface area contributed by atoms with Gasteiger partial charge in [-0.15, -0.1) is 0 Å². The zero-order valence-electron chi connectivity index (χ0n) is 41.5. The van der Waals surface area contributed by atoms with Crippen LogP contribution in [0.3, 0.4) is 0 Å². The van der Waals surface area contributed by atoms with Crippen molar-refractivity contribution in [2.45, 2.75) is 106 Å². The molecule has 0 spiro atoms. The normalized spacial score (nSPS) is 16.5. The number of aryl methyl sites for hydroxylation is 6. The van der Waals surface area contributed by atoms with Crippen LogP contribution in [0.2, 0.25) is 0 Å². The molecule has 16 heteroatoms. The van der Waals surface area contributed by atoms with Gasteiger partial charge in [0.2, 0.25) is 5.91 Å². The Morgan fingerprint density at radius 3 is 1.40 bits per heavy atom. The van der Waals surface area contributed by atoms with Crippen LogP contribution in [-0.2, 0) is 9.59 Å². The first-order valence-electron chi connectivity index (χ1n) is 23.6. The molecule has 4 atom stereocenters. The smallest absolute Gasteiger partial charge is 0.306 e. The molecule has 1 amide bonds. The third-order valence-electron chi connectivity index (χ3n) is 13.3. The number of rotatable bonds is 12. The lowest BCUT2D eigenvalue weighted by Crippen LogP contribution is -2.30. The van der Waals surface area contributed by atoms with E-state index in [1.54, 1.807) is 29.2 Å². The monoisotopic (exact) mass is 947 g/mol. The number of non-ortho nitro benzene ring substituents is 2. The Balaban J connectivity index is 0.000000207. The average Bonchev–Trinajstić information content (AvgIpc) is 3.30. The molecule has 0 saturated carbocycles. The lowest BCUT2D eigenvalue weighted by Gasteiger charge is -2.25. The van der Waals surface area contributed by atoms with Gasteiger partial charge in [-0.2, -0.15) is 0 Å². The molecule has 2 aromatic heterocycles. The van der Waals surface area contributed by atoms with Crippen molar-refractivity contribution in [3.05, 3.63) is 149 Å². The number of carboxylic acids is 1. The quantitative estimate of drug-likeness (QED) is 0.0769. The predicted octanol–water partition coefficient (Wildman–Crippen LogP) is 11.8. The number of hydrogen-bond donors (Lipinski definition) is 3. The average molecular weight is 948 g/mol. The van der Waals surface area contributed by atoms with E-state index in [4.69, 9.17) is 4.98 Å². The van der Waals surface area contributed by atoms with E-state index in [-0.39, 0.29) is 51.0 Å². The fourth-order valence-electron chi connectivity index (χ4n) is 9.55. The highest BCUT2D eigenvalue weighted by molar-refractivity contribution is 5.94. The Labute approximate surface area is 407 Å². The SMILES string of the molecule is Cc1cc([C@@H](C)Nc2nc(C)nc3cc(C)c(C4=CCC(C(=O)N(C)C)CC4)cc23)cc([N+](=O)[O-])c1.Cc1cc([C@@H](C)Nc2nc(C)nc3cc(C)c(C4=CCC(C(=O)O)CC4)cc23)cc([N+](=O)[O-])c1. The van der Waals surface area contributed by atoms with Crippen molar-refractivity contribution in [2.24, 2.45) is 11.8 Å². The molecular formula is C54H61N9O7. The maximum atomic E-state index is 12.4. The Kier molecular flexibility index (Phi) is 15.0. The Hall–Kier alpha value is -7.62. The number of hydrogen-bond acceptors (Lipinski definition) is 12. The molecular weight excluding hydrogens is 887 g/mol. The molecule has 2 aliphatic rings. The Morgan fingerprint density at radius 2 is 1.04 bits per heavy atom. The molecule has 16 nitrogen and oxygen atoms in total. The number of carbonyl (C=O) groups excluding carboxylic acids is 1. The number of carboxylic acid groups (broad SMARTS) is 1. The minimum atomic E-state index is -0.744. The molecule has 70 heavy (non-hydrogen) atoms. The summed E-state index contributed by atoms with van der Waals surface area (Å²) < 4.78 is 0. The predicted molar refractivity (Wildman–Crippen MR) is 275 cm³/mol. The van der Waals surface area contributed by atoms with Crippen molar-refractivity contribution in [3.63, 3.8) is 0 Å². The molecule has 0 bridgehead atoms. The van der Waals surface area contributed by atoms with Crippen molar-refractivity contribution in [3.8, 4) is 0 Å². The summed E-state index contributed by atoms with van der Waals surface area (Å²) in [6.07, 6.45) is 8.50. The summed E-state index contributed by atoms with van der Waals surface area (Å²) in [7, 11) is 3.61. The fraction of sp³-hybridized carbons (Fsp3) is 0.370. The summed E-state index contributed by atoms with van der Waals surface area (Å²) in [4.78, 5) is 65.9. The molecule has 6 aromatic rings. The van der Waals surface area contributed by atoms with Gasteiger partial charge in [-0.1, -0.05) is 24.3 Å². The highest BCUT2D eigenvalue weighted by Gasteiger charge is 2.26. The lowest BCUT2D eigenvalue weighted by molar-refractivity contribution is -0.385. The summed E-state index contributed by atoms with van der Waals surface area (Å²) in [5, 5.41) is 40.6. The summed E-state index contributed by atoms with van der Waals surface area (Å²) in [5.74, 6) is 1.80. The molecule has 8 rings (SSSR count). The number of nitro groups is 2. The molecule has 0 fully saturated rings. The van der Waals surface area contributed by atoms with E-state index in [1.165, 1.54) is 5.57 Å². The van der Waals surface area contributed by atoms with E-state index < -0.39 is 5.97 Å². The standard InChI is InChI=1S/C28H33N5O3.C26H28N4O4/c1-16-11-22(14-23(12-16)33(35)36)18(3)29-27-25-15-24(17(2)13-26(25)30-19(4)31-27)20-7-9-21(10-8-20)28(34)32(5)6;1-14-9-20(12-21(10-14)30(33)34)16(3)27-25-23-13-22(15(2)11-24(23)28-17(4)29-25)18-5-7-19(8-6-18)26(31)32/h7,11-15,18,21H,8-10H2,1-6H3,(H,29,30,31);5,9-13,16,19H,6-8H2,1-4H3,(H,31,32)(H,27,28,29)/t18-,21?;16-,19?/m11/s1. The minimum absolute atomic E-state index is 0.0342. The first-order chi connectivity index (χ1) is 33.1. The van der Waals surface area contributed by atoms with E-state index in [0.29, 0.717) is 42.5 Å². The maximum Gasteiger partial charge on any atom is 0.306 e. The van der Waals surface area contributed by atoms with Crippen LogP contribution in [0.4, 0.5) is 23.0 Å². The van der Waals surface area contributed by atoms with Crippen molar-refractivity contribution in [1.29, 1.82) is 0 Å².